The van der Waals surface area contributed by atoms with Crippen LogP contribution < -0.4 is 0 Å². The van der Waals surface area contributed by atoms with Crippen molar-refractivity contribution in [3.63, 3.8) is 0 Å². The number of amides is 2. The summed E-state index contributed by atoms with van der Waals surface area (Å²) in [5.41, 5.74) is 1.14. The van der Waals surface area contributed by atoms with E-state index in [4.69, 9.17) is 4.84 Å². The van der Waals surface area contributed by atoms with E-state index in [9.17, 15) is 9.59 Å². The van der Waals surface area contributed by atoms with E-state index in [-0.39, 0.29) is 28.2 Å². The zero-order valence-electron chi connectivity index (χ0n) is 14.3. The Morgan fingerprint density at radius 1 is 0.917 bits per heavy atom. The fourth-order valence-corrected chi connectivity index (χ4v) is 6.89. The van der Waals surface area contributed by atoms with Gasteiger partial charge in [0.15, 0.2) is 0 Å². The van der Waals surface area contributed by atoms with Crippen LogP contribution in [-0.4, -0.2) is 22.5 Å². The van der Waals surface area contributed by atoms with Crippen molar-refractivity contribution in [2.75, 3.05) is 0 Å². The van der Waals surface area contributed by atoms with Gasteiger partial charge in [-0.2, -0.15) is 0 Å². The molecule has 4 nitrogen and oxygen atoms in total. The summed E-state index contributed by atoms with van der Waals surface area (Å²) < 4.78 is 0. The molecule has 6 rings (SSSR count). The smallest absolute Gasteiger partial charge is 0.266 e. The van der Waals surface area contributed by atoms with Crippen LogP contribution in [0.15, 0.2) is 24.3 Å². The lowest BCUT2D eigenvalue weighted by molar-refractivity contribution is -0.276. The van der Waals surface area contributed by atoms with Crippen molar-refractivity contribution in [3.8, 4) is 0 Å². The van der Waals surface area contributed by atoms with Gasteiger partial charge in [0, 0.05) is 0 Å². The summed E-state index contributed by atoms with van der Waals surface area (Å²) in [5.74, 6) is 0.0507. The van der Waals surface area contributed by atoms with E-state index in [1.807, 2.05) is 0 Å². The lowest BCUT2D eigenvalue weighted by atomic mass is 9.44. The molecule has 2 amide bonds. The molecule has 4 aliphatic carbocycles. The highest BCUT2D eigenvalue weighted by atomic mass is 16.7. The van der Waals surface area contributed by atoms with Gasteiger partial charge in [0.2, 0.25) is 0 Å². The van der Waals surface area contributed by atoms with E-state index < -0.39 is 0 Å². The normalized spacial score (nSPS) is 42.8. The Kier molecular flexibility index (Phi) is 2.62. The minimum atomic E-state index is -0.351. The maximum atomic E-state index is 12.7. The molecule has 1 heterocycles. The van der Waals surface area contributed by atoms with Crippen molar-refractivity contribution in [3.05, 3.63) is 35.4 Å². The number of imide groups is 1. The van der Waals surface area contributed by atoms with Crippen molar-refractivity contribution < 1.29 is 14.4 Å². The summed E-state index contributed by atoms with van der Waals surface area (Å²) in [4.78, 5) is 31.6. The van der Waals surface area contributed by atoms with Crippen LogP contribution in [0, 0.1) is 16.7 Å². The van der Waals surface area contributed by atoms with Gasteiger partial charge in [-0.1, -0.05) is 26.0 Å². The van der Waals surface area contributed by atoms with E-state index in [0.29, 0.717) is 17.0 Å². The second kappa shape index (κ2) is 4.29. The maximum Gasteiger partial charge on any atom is 0.285 e. The Bertz CT molecular complexity index is 717. The number of benzene rings is 1. The SMILES string of the molecule is CC12CC3CC(C)(C1)CC(ON1C(=O)c4ccccc4C1=O)(C3)C2. The summed E-state index contributed by atoms with van der Waals surface area (Å²) in [6.45, 7) is 4.71. The van der Waals surface area contributed by atoms with Gasteiger partial charge in [0.05, 0.1) is 16.7 Å². The number of hydroxylamine groups is 2. The van der Waals surface area contributed by atoms with Gasteiger partial charge < -0.3 is 0 Å². The number of carbonyl (C=O) groups excluding carboxylic acids is 2. The molecule has 1 aromatic rings. The first kappa shape index (κ1) is 14.6. The largest absolute Gasteiger partial charge is 0.285 e. The van der Waals surface area contributed by atoms with Crippen molar-refractivity contribution in [2.45, 2.75) is 58.0 Å². The van der Waals surface area contributed by atoms with Crippen LogP contribution in [0.25, 0.3) is 0 Å². The third-order valence-corrected chi connectivity index (χ3v) is 6.62. The molecule has 2 unspecified atom stereocenters. The monoisotopic (exact) mass is 325 g/mol. The van der Waals surface area contributed by atoms with E-state index in [0.717, 1.165) is 24.3 Å². The lowest BCUT2D eigenvalue weighted by Gasteiger charge is -2.64. The molecule has 1 aromatic carbocycles. The van der Waals surface area contributed by atoms with E-state index in [2.05, 4.69) is 13.8 Å². The summed E-state index contributed by atoms with van der Waals surface area (Å²) in [6, 6.07) is 7.00. The summed E-state index contributed by atoms with van der Waals surface area (Å²) in [7, 11) is 0. The van der Waals surface area contributed by atoms with Crippen molar-refractivity contribution in [1.29, 1.82) is 0 Å². The highest BCUT2D eigenvalue weighted by molar-refractivity contribution is 6.20. The molecule has 0 N–H and O–H groups in total. The highest BCUT2D eigenvalue weighted by Gasteiger charge is 2.62. The maximum absolute atomic E-state index is 12.7. The zero-order chi connectivity index (χ0) is 16.7. The molecule has 4 saturated carbocycles. The molecule has 1 aliphatic heterocycles. The lowest BCUT2D eigenvalue weighted by Crippen LogP contribution is -2.61. The third kappa shape index (κ3) is 1.89. The Balaban J connectivity index is 1.49. The van der Waals surface area contributed by atoms with Crippen molar-refractivity contribution in [1.82, 2.24) is 5.06 Å². The van der Waals surface area contributed by atoms with Gasteiger partial charge in [-0.3, -0.25) is 14.4 Å². The predicted molar refractivity (Wildman–Crippen MR) is 88.2 cm³/mol. The van der Waals surface area contributed by atoms with Crippen LogP contribution in [0.1, 0.15) is 73.1 Å². The second-order valence-corrected chi connectivity index (χ2v) is 9.35. The molecule has 0 saturated heterocycles. The van der Waals surface area contributed by atoms with Crippen LogP contribution in [0.2, 0.25) is 0 Å². The van der Waals surface area contributed by atoms with Crippen LogP contribution in [0.3, 0.4) is 0 Å². The number of nitrogens with zero attached hydrogens (tertiary/aromatic N) is 1. The number of fused-ring (bicyclic) bond motifs is 1. The van der Waals surface area contributed by atoms with Crippen LogP contribution in [0.5, 0.6) is 0 Å². The molecule has 0 spiro atoms. The number of hydrogen-bond acceptors (Lipinski definition) is 3. The van der Waals surface area contributed by atoms with E-state index >= 15 is 0 Å². The van der Waals surface area contributed by atoms with Gasteiger partial charge in [0.1, 0.15) is 0 Å². The average Bonchev–Trinajstić information content (AvgIpc) is 2.69. The first-order chi connectivity index (χ1) is 11.3. The highest BCUT2D eigenvalue weighted by Crippen LogP contribution is 2.67. The Hall–Kier alpha value is -1.68. The number of rotatable bonds is 2. The predicted octanol–water partition coefficient (Wildman–Crippen LogP) is 3.96. The number of hydrogen-bond donors (Lipinski definition) is 0. The summed E-state index contributed by atoms with van der Waals surface area (Å²) >= 11 is 0. The molecule has 5 aliphatic rings. The molecule has 4 bridgehead atoms. The topological polar surface area (TPSA) is 46.6 Å². The van der Waals surface area contributed by atoms with E-state index in [1.54, 1.807) is 24.3 Å². The van der Waals surface area contributed by atoms with E-state index in [1.165, 1.54) is 19.3 Å². The zero-order valence-corrected chi connectivity index (χ0v) is 14.3. The molecule has 4 heteroatoms. The summed E-state index contributed by atoms with van der Waals surface area (Å²) in [5, 5.41) is 1.06. The first-order valence-corrected chi connectivity index (χ1v) is 8.98. The molecule has 0 aromatic heterocycles. The van der Waals surface area contributed by atoms with Crippen LogP contribution in [0.4, 0.5) is 0 Å². The molecular formula is C20H23NO3. The minimum absolute atomic E-state index is 0.285. The quantitative estimate of drug-likeness (QED) is 0.773. The van der Waals surface area contributed by atoms with Crippen LogP contribution in [-0.2, 0) is 4.84 Å². The second-order valence-electron chi connectivity index (χ2n) is 9.35. The first-order valence-electron chi connectivity index (χ1n) is 8.98. The molecule has 24 heavy (non-hydrogen) atoms. The van der Waals surface area contributed by atoms with Gasteiger partial charge in [-0.15, -0.1) is 5.06 Å². The minimum Gasteiger partial charge on any atom is -0.266 e. The van der Waals surface area contributed by atoms with Crippen molar-refractivity contribution in [2.24, 2.45) is 16.7 Å². The van der Waals surface area contributed by atoms with Gasteiger partial charge in [-0.05, 0) is 67.4 Å². The molecular weight excluding hydrogens is 302 g/mol. The molecule has 4 fully saturated rings. The molecule has 0 radical (unpaired) electrons. The number of carbonyl (C=O) groups is 2. The fourth-order valence-electron chi connectivity index (χ4n) is 6.89. The third-order valence-electron chi connectivity index (χ3n) is 6.62. The summed E-state index contributed by atoms with van der Waals surface area (Å²) in [6.07, 6.45) is 6.65. The van der Waals surface area contributed by atoms with Crippen molar-refractivity contribution >= 4 is 11.8 Å². The average molecular weight is 325 g/mol. The van der Waals surface area contributed by atoms with Crippen LogP contribution >= 0.6 is 0 Å². The van der Waals surface area contributed by atoms with Gasteiger partial charge in [0.25, 0.3) is 11.8 Å². The standard InChI is InChI=1S/C20H23NO3/c1-18-7-13-8-19(2,10-18)12-20(9-13,11-18)24-21-16(22)14-5-3-4-6-15(14)17(21)23/h3-6,13H,7-12H2,1-2H3. The fraction of sp³-hybridized carbons (Fsp3) is 0.600. The molecule has 126 valence electrons. The Morgan fingerprint density at radius 3 is 1.96 bits per heavy atom. The van der Waals surface area contributed by atoms with Gasteiger partial charge >= 0.3 is 0 Å². The van der Waals surface area contributed by atoms with Gasteiger partial charge in [-0.25, -0.2) is 0 Å². The Morgan fingerprint density at radius 2 is 1.46 bits per heavy atom. The Labute approximate surface area is 142 Å². The molecule has 2 atom stereocenters.